The summed E-state index contributed by atoms with van der Waals surface area (Å²) in [5.41, 5.74) is 21.0. The van der Waals surface area contributed by atoms with E-state index in [4.69, 9.17) is 22.9 Å². The molecule has 0 spiro atoms. The van der Waals surface area contributed by atoms with Gasteiger partial charge in [-0.3, -0.25) is 38.4 Å². The van der Waals surface area contributed by atoms with Gasteiger partial charge in [-0.2, -0.15) is 0 Å². The Bertz CT molecular complexity index is 1430. The van der Waals surface area contributed by atoms with Crippen LogP contribution in [-0.4, -0.2) is 148 Å². The van der Waals surface area contributed by atoms with Crippen molar-refractivity contribution in [1.29, 1.82) is 0 Å². The number of urea groups is 1. The molecular formula is C35H63N11O13. The summed E-state index contributed by atoms with van der Waals surface area (Å²) in [4.78, 5) is 113. The lowest BCUT2D eigenvalue weighted by Gasteiger charge is -2.28. The van der Waals surface area contributed by atoms with Crippen LogP contribution in [0.2, 0.25) is 0 Å². The number of allylic oxidation sites excluding steroid dienone is 1. The molecule has 24 nitrogen and oxygen atoms in total. The van der Waals surface area contributed by atoms with E-state index in [-0.39, 0.29) is 19.4 Å². The average molecular weight is 846 g/mol. The number of aliphatic hydroxyl groups is 4. The zero-order chi connectivity index (χ0) is 45.1. The second kappa shape index (κ2) is 29.7. The standard InChI is InChI=1S/C35H63N11O13/c1-3-4-5-6-7-8-9-12-25(51)43-21(11-10-14-41-35(39)59)30(54)45-23(18-48)32(56)44-22(13-15-40-33(57)26(37)19(2)49)31(55)46-27(28(52)29(38)53)34(58)42-20(17-47)16-24(36)50/h9,12,19-23,26-28,47-49,52H,3-8,10-11,13-18,37H2,1-2H3,(H2,36,50)(H2,38,53)(H,40,57)(H,42,58)(H,43,51)(H,44,56)(H,45,54)(H,46,55)(H3,39,41,59)/b12-9+/t19-,20+,21+,22+,23+,26+,27+,28-/m0/s1. The highest BCUT2D eigenvalue weighted by molar-refractivity contribution is 5.98. The molecule has 59 heavy (non-hydrogen) atoms. The Hall–Kier alpha value is -5.43. The van der Waals surface area contributed by atoms with Crippen LogP contribution in [0.1, 0.15) is 78.1 Å². The maximum absolute atomic E-state index is 13.6. The minimum absolute atomic E-state index is 0.0250. The summed E-state index contributed by atoms with van der Waals surface area (Å²) >= 11 is 0. The number of nitrogens with two attached hydrogens (primary N) is 4. The predicted molar refractivity (Wildman–Crippen MR) is 209 cm³/mol. The Morgan fingerprint density at radius 3 is 1.80 bits per heavy atom. The number of carbonyl (C=O) groups is 9. The van der Waals surface area contributed by atoms with Gasteiger partial charge in [-0.05, 0) is 45.1 Å². The maximum atomic E-state index is 13.6. The highest BCUT2D eigenvalue weighted by atomic mass is 16.3. The molecule has 0 unspecified atom stereocenters. The Kier molecular flexibility index (Phi) is 27.0. The molecule has 19 N–H and O–H groups in total. The largest absolute Gasteiger partial charge is 0.394 e. The first kappa shape index (κ1) is 53.6. The molecule has 0 aromatic rings. The molecule has 0 aromatic carbocycles. The van der Waals surface area contributed by atoms with Gasteiger partial charge in [0.15, 0.2) is 6.10 Å². The summed E-state index contributed by atoms with van der Waals surface area (Å²) in [7, 11) is 0. The molecule has 0 saturated carbocycles. The third-order valence-corrected chi connectivity index (χ3v) is 8.55. The van der Waals surface area contributed by atoms with Crippen LogP contribution in [-0.2, 0) is 38.4 Å². The van der Waals surface area contributed by atoms with Gasteiger partial charge in [-0.1, -0.05) is 38.7 Å². The number of amides is 10. The molecule has 24 heteroatoms. The van der Waals surface area contributed by atoms with Crippen molar-refractivity contribution < 1.29 is 63.6 Å². The van der Waals surface area contributed by atoms with Crippen molar-refractivity contribution in [1.82, 2.24) is 37.2 Å². The fraction of sp³-hybridized carbons (Fsp3) is 0.686. The highest BCUT2D eigenvalue weighted by Crippen LogP contribution is 2.06. The van der Waals surface area contributed by atoms with E-state index in [0.29, 0.717) is 6.42 Å². The van der Waals surface area contributed by atoms with Gasteiger partial charge in [0.2, 0.25) is 47.3 Å². The lowest BCUT2D eigenvalue weighted by atomic mass is 10.1. The van der Waals surface area contributed by atoms with E-state index in [2.05, 4.69) is 38.8 Å². The summed E-state index contributed by atoms with van der Waals surface area (Å²) in [5.74, 6) is -8.68. The molecule has 0 aromatic heterocycles. The van der Waals surface area contributed by atoms with Crippen molar-refractivity contribution in [2.24, 2.45) is 22.9 Å². The van der Waals surface area contributed by atoms with E-state index < -0.39 is 134 Å². The molecule has 0 saturated heterocycles. The fourth-order valence-electron chi connectivity index (χ4n) is 5.15. The third-order valence-electron chi connectivity index (χ3n) is 8.55. The molecule has 0 fully saturated rings. The van der Waals surface area contributed by atoms with Gasteiger partial charge in [0.1, 0.15) is 30.2 Å². The molecule has 8 atom stereocenters. The van der Waals surface area contributed by atoms with Crippen LogP contribution >= 0.6 is 0 Å². The van der Waals surface area contributed by atoms with Gasteiger partial charge in [0, 0.05) is 19.5 Å². The number of hydrogen-bond acceptors (Lipinski definition) is 14. The first-order valence-electron chi connectivity index (χ1n) is 19.2. The number of carbonyl (C=O) groups excluding carboxylic acids is 9. The zero-order valence-electron chi connectivity index (χ0n) is 33.4. The summed E-state index contributed by atoms with van der Waals surface area (Å²) in [6.45, 7) is 1.05. The Morgan fingerprint density at radius 1 is 0.644 bits per heavy atom. The Labute approximate surface area is 341 Å². The van der Waals surface area contributed by atoms with Crippen LogP contribution in [0.15, 0.2) is 12.2 Å². The van der Waals surface area contributed by atoms with Crippen LogP contribution in [0.5, 0.6) is 0 Å². The molecule has 0 aliphatic rings. The predicted octanol–water partition coefficient (Wildman–Crippen LogP) is -6.30. The quantitative estimate of drug-likeness (QED) is 0.0228. The van der Waals surface area contributed by atoms with Crippen molar-refractivity contribution >= 4 is 53.3 Å². The molecule has 0 bridgehead atoms. The lowest BCUT2D eigenvalue weighted by molar-refractivity contribution is -0.140. The number of rotatable bonds is 31. The van der Waals surface area contributed by atoms with Crippen molar-refractivity contribution in [3.8, 4) is 0 Å². The van der Waals surface area contributed by atoms with Crippen molar-refractivity contribution in [3.05, 3.63) is 12.2 Å². The molecule has 0 radical (unpaired) electrons. The number of primary amides is 3. The molecule has 0 aliphatic carbocycles. The topological polar surface area (TPSA) is 423 Å². The van der Waals surface area contributed by atoms with Crippen LogP contribution in [0.4, 0.5) is 4.79 Å². The Balaban J connectivity index is 6.29. The fourth-order valence-corrected chi connectivity index (χ4v) is 5.15. The van der Waals surface area contributed by atoms with Gasteiger partial charge in [-0.15, -0.1) is 0 Å². The second-order valence-corrected chi connectivity index (χ2v) is 13.6. The van der Waals surface area contributed by atoms with E-state index in [1.807, 2.05) is 5.32 Å². The van der Waals surface area contributed by atoms with E-state index in [1.54, 1.807) is 6.08 Å². The highest BCUT2D eigenvalue weighted by Gasteiger charge is 2.36. The summed E-state index contributed by atoms with van der Waals surface area (Å²) in [6, 6.07) is -10.6. The van der Waals surface area contributed by atoms with Gasteiger partial charge in [0.05, 0.1) is 25.4 Å². The minimum Gasteiger partial charge on any atom is -0.394 e. The van der Waals surface area contributed by atoms with Gasteiger partial charge in [-0.25, -0.2) is 4.79 Å². The molecule has 0 aliphatic heterocycles. The monoisotopic (exact) mass is 845 g/mol. The molecular weight excluding hydrogens is 782 g/mol. The first-order chi connectivity index (χ1) is 27.8. The third kappa shape index (κ3) is 22.9. The van der Waals surface area contributed by atoms with E-state index in [9.17, 15) is 63.6 Å². The van der Waals surface area contributed by atoms with Crippen molar-refractivity contribution in [2.45, 2.75) is 127 Å². The summed E-state index contributed by atoms with van der Waals surface area (Å²) < 4.78 is 0. The maximum Gasteiger partial charge on any atom is 0.312 e. The van der Waals surface area contributed by atoms with E-state index in [0.717, 1.165) is 32.1 Å². The summed E-state index contributed by atoms with van der Waals surface area (Å²) in [5, 5.41) is 55.6. The second-order valence-electron chi connectivity index (χ2n) is 13.6. The summed E-state index contributed by atoms with van der Waals surface area (Å²) in [6.07, 6.45) is 3.86. The number of aliphatic hydroxyl groups excluding tert-OH is 4. The number of hydrogen-bond donors (Lipinski definition) is 15. The smallest absolute Gasteiger partial charge is 0.312 e. The molecule has 336 valence electrons. The van der Waals surface area contributed by atoms with Gasteiger partial charge in [0.25, 0.3) is 0 Å². The van der Waals surface area contributed by atoms with E-state index >= 15 is 0 Å². The van der Waals surface area contributed by atoms with E-state index in [1.165, 1.54) is 13.0 Å². The van der Waals surface area contributed by atoms with Crippen molar-refractivity contribution in [3.63, 3.8) is 0 Å². The van der Waals surface area contributed by atoms with Gasteiger partial charge >= 0.3 is 6.03 Å². The minimum atomic E-state index is -2.40. The number of unbranched alkanes of at least 4 members (excludes halogenated alkanes) is 5. The molecule has 0 rings (SSSR count). The van der Waals surface area contributed by atoms with Gasteiger partial charge < -0.3 is 80.6 Å². The number of nitrogens with one attached hydrogen (secondary N) is 7. The first-order valence-corrected chi connectivity index (χ1v) is 19.2. The van der Waals surface area contributed by atoms with Crippen LogP contribution < -0.4 is 60.2 Å². The Morgan fingerprint density at radius 2 is 1.24 bits per heavy atom. The van der Waals surface area contributed by atoms with Crippen LogP contribution in [0.25, 0.3) is 0 Å². The van der Waals surface area contributed by atoms with Crippen LogP contribution in [0.3, 0.4) is 0 Å². The normalized spacial score (nSPS) is 15.2. The zero-order valence-corrected chi connectivity index (χ0v) is 33.4. The molecule has 0 heterocycles. The SMILES string of the molecule is CCCCCCC/C=C/C(=O)N[C@H](CCCNC(N)=O)C(=O)N[C@H](CO)C(=O)N[C@H](CCNC(=O)[C@H](N)[C@H](C)O)C(=O)N[C@@H](C(=O)N[C@@H](CO)CC(N)=O)[C@H](O)C(N)=O. The van der Waals surface area contributed by atoms with Crippen molar-refractivity contribution in [2.75, 3.05) is 26.3 Å². The lowest BCUT2D eigenvalue weighted by Crippen LogP contribution is -2.63. The van der Waals surface area contributed by atoms with Crippen LogP contribution in [0, 0.1) is 0 Å². The average Bonchev–Trinajstić information content (AvgIpc) is 3.17. The molecule has 10 amide bonds.